The third-order valence-corrected chi connectivity index (χ3v) is 4.56. The second kappa shape index (κ2) is 6.45. The van der Waals surface area contributed by atoms with Crippen LogP contribution >= 0.6 is 15.9 Å². The summed E-state index contributed by atoms with van der Waals surface area (Å²) in [4.78, 5) is 0. The van der Waals surface area contributed by atoms with E-state index in [0.717, 1.165) is 15.7 Å². The zero-order valence-corrected chi connectivity index (χ0v) is 16.2. The SMILES string of the molecule is C=C(C)c1c(C=C(C)C)c2cc(C)ccc2n1-c1cccc(Br)c1. The van der Waals surface area contributed by atoms with Crippen molar-refractivity contribution in [2.24, 2.45) is 0 Å². The Labute approximate surface area is 152 Å². The molecule has 0 saturated heterocycles. The molecule has 0 aliphatic carbocycles. The molecule has 0 unspecified atom stereocenters. The molecule has 1 nitrogen and oxygen atoms in total. The number of benzene rings is 2. The molecule has 1 heterocycles. The fraction of sp³-hybridized carbons (Fsp3) is 0.182. The van der Waals surface area contributed by atoms with Gasteiger partial charge in [-0.15, -0.1) is 0 Å². The van der Waals surface area contributed by atoms with E-state index in [0.29, 0.717) is 0 Å². The molecule has 1 aromatic heterocycles. The first kappa shape index (κ1) is 16.8. The average Bonchev–Trinajstić information content (AvgIpc) is 2.80. The lowest BCUT2D eigenvalue weighted by Crippen LogP contribution is -1.99. The summed E-state index contributed by atoms with van der Waals surface area (Å²) in [5.74, 6) is 0. The van der Waals surface area contributed by atoms with Gasteiger partial charge in [-0.3, -0.25) is 0 Å². The number of rotatable bonds is 3. The summed E-state index contributed by atoms with van der Waals surface area (Å²) < 4.78 is 3.39. The van der Waals surface area contributed by atoms with Crippen molar-refractivity contribution in [2.45, 2.75) is 27.7 Å². The van der Waals surface area contributed by atoms with Crippen molar-refractivity contribution >= 4 is 38.5 Å². The zero-order valence-electron chi connectivity index (χ0n) is 14.7. The van der Waals surface area contributed by atoms with Crippen LogP contribution in [0, 0.1) is 6.92 Å². The van der Waals surface area contributed by atoms with Crippen molar-refractivity contribution in [3.05, 3.63) is 75.9 Å². The Morgan fingerprint density at radius 3 is 2.46 bits per heavy atom. The normalized spacial score (nSPS) is 10.9. The van der Waals surface area contributed by atoms with Crippen LogP contribution in [0.5, 0.6) is 0 Å². The van der Waals surface area contributed by atoms with Gasteiger partial charge in [-0.05, 0) is 63.6 Å². The third kappa shape index (κ3) is 2.99. The van der Waals surface area contributed by atoms with E-state index < -0.39 is 0 Å². The van der Waals surface area contributed by atoms with E-state index >= 15 is 0 Å². The summed E-state index contributed by atoms with van der Waals surface area (Å²) >= 11 is 3.60. The molecule has 0 fully saturated rings. The van der Waals surface area contributed by atoms with Gasteiger partial charge in [-0.1, -0.05) is 51.9 Å². The molecule has 0 saturated carbocycles. The number of aryl methyl sites for hydroxylation is 1. The van der Waals surface area contributed by atoms with Gasteiger partial charge in [0.1, 0.15) is 0 Å². The lowest BCUT2D eigenvalue weighted by atomic mass is 10.0. The van der Waals surface area contributed by atoms with Gasteiger partial charge in [-0.2, -0.15) is 0 Å². The van der Waals surface area contributed by atoms with Gasteiger partial charge in [0.15, 0.2) is 0 Å². The number of aromatic nitrogens is 1. The summed E-state index contributed by atoms with van der Waals surface area (Å²) in [5, 5.41) is 1.27. The van der Waals surface area contributed by atoms with E-state index in [4.69, 9.17) is 0 Å². The molecule has 122 valence electrons. The van der Waals surface area contributed by atoms with Crippen LogP contribution in [0.3, 0.4) is 0 Å². The van der Waals surface area contributed by atoms with Crippen molar-refractivity contribution in [1.82, 2.24) is 4.57 Å². The molecule has 24 heavy (non-hydrogen) atoms. The standard InChI is InChI=1S/C22H22BrN/c1-14(2)11-20-19-12-16(5)9-10-21(19)24(22(20)15(3)4)18-8-6-7-17(23)13-18/h6-13H,3H2,1-2,4-5H3. The molecule has 0 spiro atoms. The Balaban J connectivity index is 2.50. The summed E-state index contributed by atoms with van der Waals surface area (Å²) in [5.41, 5.74) is 8.40. The van der Waals surface area contributed by atoms with Crippen molar-refractivity contribution in [3.8, 4) is 5.69 Å². The largest absolute Gasteiger partial charge is 0.309 e. The van der Waals surface area contributed by atoms with Crippen LogP contribution < -0.4 is 0 Å². The number of halogens is 1. The highest BCUT2D eigenvalue weighted by Crippen LogP contribution is 2.35. The Bertz CT molecular complexity index is 969. The maximum absolute atomic E-state index is 4.26. The fourth-order valence-electron chi connectivity index (χ4n) is 3.17. The molecule has 0 N–H and O–H groups in total. The second-order valence-electron chi connectivity index (χ2n) is 6.60. The zero-order chi connectivity index (χ0) is 17.4. The maximum Gasteiger partial charge on any atom is 0.0564 e. The molecule has 0 aliphatic heterocycles. The highest BCUT2D eigenvalue weighted by molar-refractivity contribution is 9.10. The number of nitrogens with zero attached hydrogens (tertiary/aromatic N) is 1. The lowest BCUT2D eigenvalue weighted by Gasteiger charge is -2.12. The third-order valence-electron chi connectivity index (χ3n) is 4.07. The molecule has 3 aromatic rings. The van der Waals surface area contributed by atoms with Gasteiger partial charge < -0.3 is 4.57 Å². The van der Waals surface area contributed by atoms with Crippen LogP contribution in [0.2, 0.25) is 0 Å². The molecular formula is C22H22BrN. The van der Waals surface area contributed by atoms with Gasteiger partial charge in [0.25, 0.3) is 0 Å². The van der Waals surface area contributed by atoms with Crippen LogP contribution in [0.15, 0.2) is 59.1 Å². The first-order valence-corrected chi connectivity index (χ1v) is 8.89. The molecule has 2 heteroatoms. The molecule has 0 aliphatic rings. The highest BCUT2D eigenvalue weighted by Gasteiger charge is 2.17. The van der Waals surface area contributed by atoms with Gasteiger partial charge >= 0.3 is 0 Å². The van der Waals surface area contributed by atoms with E-state index in [2.05, 4.69) is 103 Å². The van der Waals surface area contributed by atoms with E-state index in [1.807, 2.05) is 0 Å². The molecular weight excluding hydrogens is 358 g/mol. The van der Waals surface area contributed by atoms with Crippen molar-refractivity contribution in [1.29, 1.82) is 0 Å². The van der Waals surface area contributed by atoms with Gasteiger partial charge in [0, 0.05) is 21.1 Å². The minimum Gasteiger partial charge on any atom is -0.309 e. The Morgan fingerprint density at radius 1 is 1.08 bits per heavy atom. The predicted octanol–water partition coefficient (Wildman–Crippen LogP) is 7.16. The monoisotopic (exact) mass is 379 g/mol. The van der Waals surface area contributed by atoms with Crippen molar-refractivity contribution in [2.75, 3.05) is 0 Å². The number of fused-ring (bicyclic) bond motifs is 1. The molecule has 0 atom stereocenters. The lowest BCUT2D eigenvalue weighted by molar-refractivity contribution is 1.09. The van der Waals surface area contributed by atoms with Crippen LogP contribution in [-0.4, -0.2) is 4.57 Å². The van der Waals surface area contributed by atoms with Crippen LogP contribution in [-0.2, 0) is 0 Å². The van der Waals surface area contributed by atoms with Crippen LogP contribution in [0.25, 0.3) is 28.2 Å². The molecule has 3 rings (SSSR count). The second-order valence-corrected chi connectivity index (χ2v) is 7.52. The first-order valence-electron chi connectivity index (χ1n) is 8.10. The highest BCUT2D eigenvalue weighted by atomic mass is 79.9. The average molecular weight is 380 g/mol. The van der Waals surface area contributed by atoms with Crippen molar-refractivity contribution < 1.29 is 0 Å². The van der Waals surface area contributed by atoms with Gasteiger partial charge in [-0.25, -0.2) is 0 Å². The summed E-state index contributed by atoms with van der Waals surface area (Å²) in [6.45, 7) is 12.8. The first-order chi connectivity index (χ1) is 11.4. The fourth-order valence-corrected chi connectivity index (χ4v) is 3.56. The smallest absolute Gasteiger partial charge is 0.0564 e. The summed E-state index contributed by atoms with van der Waals surface area (Å²) in [7, 11) is 0. The summed E-state index contributed by atoms with van der Waals surface area (Å²) in [6.07, 6.45) is 2.26. The summed E-state index contributed by atoms with van der Waals surface area (Å²) in [6, 6.07) is 15.1. The number of hydrogen-bond donors (Lipinski definition) is 0. The molecule has 0 bridgehead atoms. The number of hydrogen-bond acceptors (Lipinski definition) is 0. The minimum absolute atomic E-state index is 1.07. The predicted molar refractivity (Wildman–Crippen MR) is 110 cm³/mol. The topological polar surface area (TPSA) is 4.93 Å². The molecule has 0 radical (unpaired) electrons. The van der Waals surface area contributed by atoms with Crippen LogP contribution in [0.1, 0.15) is 37.6 Å². The van der Waals surface area contributed by atoms with Gasteiger partial charge in [0.2, 0.25) is 0 Å². The molecule has 0 amide bonds. The Hall–Kier alpha value is -2.06. The maximum atomic E-state index is 4.26. The minimum atomic E-state index is 1.07. The quantitative estimate of drug-likeness (QED) is 0.454. The Kier molecular flexibility index (Phi) is 4.51. The van der Waals surface area contributed by atoms with E-state index in [1.165, 1.54) is 33.3 Å². The molecule has 2 aromatic carbocycles. The van der Waals surface area contributed by atoms with Gasteiger partial charge in [0.05, 0.1) is 11.2 Å². The van der Waals surface area contributed by atoms with E-state index in [9.17, 15) is 0 Å². The van der Waals surface area contributed by atoms with E-state index in [-0.39, 0.29) is 0 Å². The number of allylic oxidation sites excluding steroid dienone is 2. The van der Waals surface area contributed by atoms with Crippen molar-refractivity contribution in [3.63, 3.8) is 0 Å². The van der Waals surface area contributed by atoms with Crippen LogP contribution in [0.4, 0.5) is 0 Å². The Morgan fingerprint density at radius 2 is 1.83 bits per heavy atom. The van der Waals surface area contributed by atoms with E-state index in [1.54, 1.807) is 0 Å².